The number of nitrogens with one attached hydrogen (secondary N) is 1. The van der Waals surface area contributed by atoms with Crippen molar-refractivity contribution in [3.63, 3.8) is 0 Å². The first-order chi connectivity index (χ1) is 11.0. The highest BCUT2D eigenvalue weighted by Gasteiger charge is 2.08. The summed E-state index contributed by atoms with van der Waals surface area (Å²) in [4.78, 5) is 12.0. The number of benzene rings is 2. The van der Waals surface area contributed by atoms with Gasteiger partial charge in [0, 0.05) is 9.13 Å². The molecule has 5 nitrogen and oxygen atoms in total. The highest BCUT2D eigenvalue weighted by atomic mass is 127. The molecule has 0 unspecified atom stereocenters. The molecule has 0 fully saturated rings. The van der Waals surface area contributed by atoms with Crippen LogP contribution in [0.1, 0.15) is 22.8 Å². The number of carbonyl (C=O) groups excluding carboxylic acids is 1. The minimum Gasteiger partial charge on any atom is -0.503 e. The second-order valence-electron chi connectivity index (χ2n) is 4.49. The summed E-state index contributed by atoms with van der Waals surface area (Å²) in [5, 5.41) is 13.8. The number of nitrogens with zero attached hydrogens (tertiary/aromatic N) is 1. The van der Waals surface area contributed by atoms with Crippen LogP contribution in [0.4, 0.5) is 0 Å². The lowest BCUT2D eigenvalue weighted by molar-refractivity contribution is 0.0955. The zero-order chi connectivity index (χ0) is 16.8. The zero-order valence-corrected chi connectivity index (χ0v) is 16.0. The van der Waals surface area contributed by atoms with Crippen molar-refractivity contribution in [1.29, 1.82) is 0 Å². The van der Waals surface area contributed by atoms with Crippen molar-refractivity contribution >= 4 is 50.6 Å². The van der Waals surface area contributed by atoms with Gasteiger partial charge in [-0.25, -0.2) is 5.43 Å². The molecular weight excluding hydrogens is 475 g/mol. The maximum atomic E-state index is 12.0. The quantitative estimate of drug-likeness (QED) is 0.380. The normalized spacial score (nSPS) is 10.7. The molecule has 0 aliphatic rings. The number of phenols is 1. The van der Waals surface area contributed by atoms with E-state index in [0.29, 0.717) is 28.0 Å². The van der Waals surface area contributed by atoms with Crippen molar-refractivity contribution in [3.05, 3.63) is 55.6 Å². The van der Waals surface area contributed by atoms with Crippen LogP contribution >= 0.6 is 38.5 Å². The molecule has 0 atom stereocenters. The van der Waals surface area contributed by atoms with Crippen LogP contribution in [0.25, 0.3) is 0 Å². The first-order valence-corrected chi connectivity index (χ1v) is 8.62. The molecule has 1 amide bonds. The second-order valence-corrected chi connectivity index (χ2v) is 6.59. The molecule has 120 valence electrons. The lowest BCUT2D eigenvalue weighted by Crippen LogP contribution is -2.17. The van der Waals surface area contributed by atoms with E-state index in [1.165, 1.54) is 6.21 Å². The van der Waals surface area contributed by atoms with E-state index in [1.807, 2.05) is 19.1 Å². The van der Waals surface area contributed by atoms with Gasteiger partial charge in [-0.05, 0) is 81.3 Å². The molecule has 0 bridgehead atoms. The van der Waals surface area contributed by atoms with Gasteiger partial charge in [-0.2, -0.15) is 5.10 Å². The predicted molar refractivity (Wildman–Crippen MR) is 101 cm³/mol. The highest BCUT2D eigenvalue weighted by Crippen LogP contribution is 2.34. The molecule has 0 spiro atoms. The number of amides is 1. The van der Waals surface area contributed by atoms with Crippen LogP contribution in [-0.4, -0.2) is 23.8 Å². The lowest BCUT2D eigenvalue weighted by atomic mass is 10.2. The van der Waals surface area contributed by atoms with Crippen LogP contribution in [0.5, 0.6) is 11.5 Å². The fourth-order valence-corrected chi connectivity index (χ4v) is 2.80. The Hall–Kier alpha value is -1.61. The van der Waals surface area contributed by atoms with Crippen molar-refractivity contribution in [2.24, 2.45) is 5.10 Å². The summed E-state index contributed by atoms with van der Waals surface area (Å²) in [6.45, 7) is 2.26. The number of ether oxygens (including phenoxy) is 1. The van der Waals surface area contributed by atoms with Crippen molar-refractivity contribution in [2.75, 3.05) is 6.61 Å². The molecule has 0 heterocycles. The van der Waals surface area contributed by atoms with Gasteiger partial charge in [-0.1, -0.05) is 6.07 Å². The standard InChI is InChI=1S/C16H14BrIN2O3/c1-2-23-14-7-10(6-13(17)15(14)21)9-19-20-16(22)11-4-3-5-12(18)8-11/h3-9,21H,2H2,1H3,(H,20,22)/b19-9-. The topological polar surface area (TPSA) is 70.9 Å². The van der Waals surface area contributed by atoms with Crippen molar-refractivity contribution in [2.45, 2.75) is 6.92 Å². The number of rotatable bonds is 5. The maximum Gasteiger partial charge on any atom is 0.271 e. The van der Waals surface area contributed by atoms with Gasteiger partial charge >= 0.3 is 0 Å². The molecule has 0 saturated heterocycles. The Bertz CT molecular complexity index is 750. The van der Waals surface area contributed by atoms with Gasteiger partial charge < -0.3 is 9.84 Å². The molecule has 0 radical (unpaired) electrons. The predicted octanol–water partition coefficient (Wildman–Crippen LogP) is 3.92. The summed E-state index contributed by atoms with van der Waals surface area (Å²) in [6.07, 6.45) is 1.48. The Balaban J connectivity index is 2.10. The van der Waals surface area contributed by atoms with E-state index < -0.39 is 0 Å². The van der Waals surface area contributed by atoms with Crippen molar-refractivity contribution in [3.8, 4) is 11.5 Å². The molecular formula is C16H14BrIN2O3. The first-order valence-electron chi connectivity index (χ1n) is 6.75. The SMILES string of the molecule is CCOc1cc(/C=N\NC(=O)c2cccc(I)c2)cc(Br)c1O. The summed E-state index contributed by atoms with van der Waals surface area (Å²) in [6, 6.07) is 10.5. The molecule has 2 aromatic rings. The zero-order valence-electron chi connectivity index (χ0n) is 12.2. The fraction of sp³-hybridized carbons (Fsp3) is 0.125. The van der Waals surface area contributed by atoms with E-state index in [4.69, 9.17) is 4.74 Å². The monoisotopic (exact) mass is 488 g/mol. The minimum absolute atomic E-state index is 0.0342. The molecule has 2 rings (SSSR count). The Labute approximate surface area is 156 Å². The van der Waals surface area contributed by atoms with Crippen LogP contribution in [0.15, 0.2) is 46.0 Å². The summed E-state index contributed by atoms with van der Waals surface area (Å²) >= 11 is 5.40. The summed E-state index contributed by atoms with van der Waals surface area (Å²) in [7, 11) is 0. The molecule has 2 aromatic carbocycles. The van der Waals surface area contributed by atoms with E-state index in [1.54, 1.807) is 24.3 Å². The van der Waals surface area contributed by atoms with Crippen LogP contribution in [0.3, 0.4) is 0 Å². The number of aromatic hydroxyl groups is 1. The largest absolute Gasteiger partial charge is 0.503 e. The van der Waals surface area contributed by atoms with Gasteiger partial charge in [0.1, 0.15) is 0 Å². The van der Waals surface area contributed by atoms with E-state index in [2.05, 4.69) is 49.0 Å². The lowest BCUT2D eigenvalue weighted by Gasteiger charge is -2.08. The van der Waals surface area contributed by atoms with Gasteiger partial charge in [0.05, 0.1) is 17.3 Å². The van der Waals surface area contributed by atoms with Crippen LogP contribution in [-0.2, 0) is 0 Å². The third kappa shape index (κ3) is 4.93. The number of hydrazone groups is 1. The smallest absolute Gasteiger partial charge is 0.271 e. The van der Waals surface area contributed by atoms with Crippen LogP contribution in [0, 0.1) is 3.57 Å². The van der Waals surface area contributed by atoms with Gasteiger partial charge in [0.15, 0.2) is 11.5 Å². The molecule has 0 aliphatic carbocycles. The summed E-state index contributed by atoms with van der Waals surface area (Å²) < 4.78 is 6.81. The Morgan fingerprint density at radius 1 is 1.43 bits per heavy atom. The Kier molecular flexibility index (Phi) is 6.40. The molecule has 2 N–H and O–H groups in total. The molecule has 0 saturated carbocycles. The van der Waals surface area contributed by atoms with E-state index in [-0.39, 0.29) is 11.7 Å². The number of carbonyl (C=O) groups is 1. The number of halogens is 2. The van der Waals surface area contributed by atoms with E-state index >= 15 is 0 Å². The average molecular weight is 489 g/mol. The van der Waals surface area contributed by atoms with Crippen molar-refractivity contribution < 1.29 is 14.6 Å². The third-order valence-corrected chi connectivity index (χ3v) is 4.09. The molecule has 0 aromatic heterocycles. The van der Waals surface area contributed by atoms with Crippen LogP contribution < -0.4 is 10.2 Å². The fourth-order valence-electron chi connectivity index (χ4n) is 1.79. The second kappa shape index (κ2) is 8.30. The summed E-state index contributed by atoms with van der Waals surface area (Å²) in [5.74, 6) is 0.0989. The highest BCUT2D eigenvalue weighted by molar-refractivity contribution is 14.1. The number of hydrogen-bond acceptors (Lipinski definition) is 4. The Morgan fingerprint density at radius 3 is 2.91 bits per heavy atom. The molecule has 23 heavy (non-hydrogen) atoms. The van der Waals surface area contributed by atoms with Gasteiger partial charge in [0.25, 0.3) is 5.91 Å². The van der Waals surface area contributed by atoms with Crippen LogP contribution in [0.2, 0.25) is 0 Å². The molecule has 7 heteroatoms. The summed E-state index contributed by atoms with van der Waals surface area (Å²) in [5.41, 5.74) is 3.69. The third-order valence-electron chi connectivity index (χ3n) is 2.82. The van der Waals surface area contributed by atoms with Gasteiger partial charge in [0.2, 0.25) is 0 Å². The number of hydrogen-bond donors (Lipinski definition) is 2. The van der Waals surface area contributed by atoms with Crippen molar-refractivity contribution in [1.82, 2.24) is 5.43 Å². The minimum atomic E-state index is -0.289. The van der Waals surface area contributed by atoms with Gasteiger partial charge in [-0.3, -0.25) is 4.79 Å². The first kappa shape index (κ1) is 17.7. The van der Waals surface area contributed by atoms with E-state index in [9.17, 15) is 9.90 Å². The maximum absolute atomic E-state index is 12.0. The number of phenolic OH excluding ortho intramolecular Hbond substituents is 1. The Morgan fingerprint density at radius 2 is 2.22 bits per heavy atom. The average Bonchev–Trinajstić information content (AvgIpc) is 2.52. The van der Waals surface area contributed by atoms with Gasteiger partial charge in [-0.15, -0.1) is 0 Å². The van der Waals surface area contributed by atoms with E-state index in [0.717, 1.165) is 3.57 Å². The molecule has 0 aliphatic heterocycles.